The minimum Gasteiger partial charge on any atom is -0.393 e. The Morgan fingerprint density at radius 3 is 2.87 bits per heavy atom. The summed E-state index contributed by atoms with van der Waals surface area (Å²) in [7, 11) is 0. The van der Waals surface area contributed by atoms with Crippen molar-refractivity contribution >= 4 is 5.84 Å². The van der Waals surface area contributed by atoms with Crippen molar-refractivity contribution in [3.05, 3.63) is 0 Å². The van der Waals surface area contributed by atoms with E-state index in [1.807, 2.05) is 0 Å². The van der Waals surface area contributed by atoms with Crippen LogP contribution in [-0.4, -0.2) is 41.1 Å². The number of nitrogens with zero attached hydrogens (tertiary/aromatic N) is 1. The minimum atomic E-state index is -0.0930. The van der Waals surface area contributed by atoms with Crippen molar-refractivity contribution in [3.63, 3.8) is 0 Å². The highest BCUT2D eigenvalue weighted by Gasteiger charge is 2.42. The molecule has 2 aliphatic rings. The van der Waals surface area contributed by atoms with Crippen LogP contribution in [0.5, 0.6) is 0 Å². The Kier molecular flexibility index (Phi) is 2.98. The van der Waals surface area contributed by atoms with E-state index in [4.69, 9.17) is 11.1 Å². The highest BCUT2D eigenvalue weighted by molar-refractivity contribution is 5.77. The third-order valence-corrected chi connectivity index (χ3v) is 3.99. The maximum atomic E-state index is 9.79. The molecule has 0 aromatic rings. The second kappa shape index (κ2) is 4.10. The molecule has 2 rings (SSSR count). The van der Waals surface area contributed by atoms with Gasteiger partial charge in [0, 0.05) is 31.5 Å². The number of hydrogen-bond donors (Lipinski definition) is 3. The van der Waals surface area contributed by atoms with Crippen LogP contribution in [0.25, 0.3) is 0 Å². The SMILES string of the molecule is CC(CC(=N)N)N1CC2CCC(O)C2C1. The van der Waals surface area contributed by atoms with Gasteiger partial charge in [-0.15, -0.1) is 0 Å². The first-order valence-corrected chi connectivity index (χ1v) is 5.83. The van der Waals surface area contributed by atoms with Gasteiger partial charge in [-0.1, -0.05) is 0 Å². The Morgan fingerprint density at radius 2 is 2.27 bits per heavy atom. The standard InChI is InChI=1S/C11H21N3O/c1-7(4-11(12)13)14-5-8-2-3-10(15)9(8)6-14/h7-10,15H,2-6H2,1H3,(H3,12,13). The van der Waals surface area contributed by atoms with Crippen molar-refractivity contribution < 1.29 is 5.11 Å². The molecule has 4 N–H and O–H groups in total. The van der Waals surface area contributed by atoms with Gasteiger partial charge >= 0.3 is 0 Å². The molecule has 86 valence electrons. The van der Waals surface area contributed by atoms with E-state index in [2.05, 4.69) is 11.8 Å². The van der Waals surface area contributed by atoms with E-state index in [-0.39, 0.29) is 11.9 Å². The second-order valence-electron chi connectivity index (χ2n) is 5.10. The topological polar surface area (TPSA) is 73.3 Å². The van der Waals surface area contributed by atoms with Crippen molar-refractivity contribution in [2.75, 3.05) is 13.1 Å². The molecule has 1 saturated heterocycles. The zero-order valence-electron chi connectivity index (χ0n) is 9.32. The van der Waals surface area contributed by atoms with Gasteiger partial charge in [0.15, 0.2) is 0 Å². The first-order valence-electron chi connectivity index (χ1n) is 5.83. The Balaban J connectivity index is 1.90. The predicted molar refractivity (Wildman–Crippen MR) is 59.8 cm³/mol. The molecule has 4 nitrogen and oxygen atoms in total. The number of likely N-dealkylation sites (tertiary alicyclic amines) is 1. The van der Waals surface area contributed by atoms with Gasteiger partial charge in [-0.3, -0.25) is 10.3 Å². The zero-order valence-corrected chi connectivity index (χ0v) is 9.32. The molecule has 1 saturated carbocycles. The molecule has 0 amide bonds. The van der Waals surface area contributed by atoms with Crippen molar-refractivity contribution in [2.24, 2.45) is 17.6 Å². The Bertz CT molecular complexity index is 256. The minimum absolute atomic E-state index is 0.0930. The summed E-state index contributed by atoms with van der Waals surface area (Å²) < 4.78 is 0. The van der Waals surface area contributed by atoms with Crippen molar-refractivity contribution in [2.45, 2.75) is 38.3 Å². The van der Waals surface area contributed by atoms with Crippen LogP contribution < -0.4 is 5.73 Å². The highest BCUT2D eigenvalue weighted by Crippen LogP contribution is 2.38. The average molecular weight is 211 g/mol. The predicted octanol–water partition coefficient (Wildman–Crippen LogP) is 0.404. The Morgan fingerprint density at radius 1 is 1.53 bits per heavy atom. The summed E-state index contributed by atoms with van der Waals surface area (Å²) in [5.74, 6) is 1.41. The lowest BCUT2D eigenvalue weighted by Crippen LogP contribution is -2.35. The lowest BCUT2D eigenvalue weighted by Gasteiger charge is -2.25. The van der Waals surface area contributed by atoms with Gasteiger partial charge in [-0.2, -0.15) is 0 Å². The maximum absolute atomic E-state index is 9.79. The molecule has 0 aromatic carbocycles. The second-order valence-corrected chi connectivity index (χ2v) is 5.10. The van der Waals surface area contributed by atoms with Gasteiger partial charge in [0.2, 0.25) is 0 Å². The van der Waals surface area contributed by atoms with Crippen LogP contribution in [-0.2, 0) is 0 Å². The summed E-state index contributed by atoms with van der Waals surface area (Å²) in [4.78, 5) is 2.37. The number of nitrogens with one attached hydrogen (secondary N) is 1. The molecule has 4 atom stereocenters. The van der Waals surface area contributed by atoms with Crippen molar-refractivity contribution in [1.29, 1.82) is 5.41 Å². The van der Waals surface area contributed by atoms with Crippen LogP contribution in [0.3, 0.4) is 0 Å². The number of amidine groups is 1. The van der Waals surface area contributed by atoms with E-state index in [1.165, 1.54) is 0 Å². The highest BCUT2D eigenvalue weighted by atomic mass is 16.3. The summed E-state index contributed by atoms with van der Waals surface area (Å²) in [6, 6.07) is 0.347. The van der Waals surface area contributed by atoms with E-state index in [0.717, 1.165) is 25.9 Å². The van der Waals surface area contributed by atoms with Gasteiger partial charge in [-0.25, -0.2) is 0 Å². The Hall–Kier alpha value is -0.610. The monoisotopic (exact) mass is 211 g/mol. The smallest absolute Gasteiger partial charge is 0.0920 e. The zero-order chi connectivity index (χ0) is 11.0. The molecule has 4 heteroatoms. The average Bonchev–Trinajstić information content (AvgIpc) is 2.67. The number of aliphatic hydroxyl groups excluding tert-OH is 1. The Labute approximate surface area is 91.0 Å². The molecular weight excluding hydrogens is 190 g/mol. The van der Waals surface area contributed by atoms with Gasteiger partial charge in [-0.05, 0) is 25.7 Å². The molecule has 0 spiro atoms. The summed E-state index contributed by atoms with van der Waals surface area (Å²) in [5.41, 5.74) is 5.41. The fourth-order valence-corrected chi connectivity index (χ4v) is 3.08. The van der Waals surface area contributed by atoms with Gasteiger partial charge in [0.25, 0.3) is 0 Å². The van der Waals surface area contributed by atoms with Crippen LogP contribution >= 0.6 is 0 Å². The molecule has 0 aromatic heterocycles. The number of fused-ring (bicyclic) bond motifs is 1. The summed E-state index contributed by atoms with van der Waals surface area (Å²) >= 11 is 0. The van der Waals surface area contributed by atoms with Crippen molar-refractivity contribution in [3.8, 4) is 0 Å². The molecule has 2 fully saturated rings. The van der Waals surface area contributed by atoms with E-state index in [1.54, 1.807) is 0 Å². The third kappa shape index (κ3) is 2.16. The molecule has 1 heterocycles. The van der Waals surface area contributed by atoms with Gasteiger partial charge < -0.3 is 10.8 Å². The van der Waals surface area contributed by atoms with Crippen LogP contribution in [0.1, 0.15) is 26.2 Å². The molecule has 0 bridgehead atoms. The van der Waals surface area contributed by atoms with Crippen molar-refractivity contribution in [1.82, 2.24) is 4.90 Å². The molecule has 15 heavy (non-hydrogen) atoms. The number of nitrogens with two attached hydrogens (primary N) is 1. The summed E-state index contributed by atoms with van der Waals surface area (Å²) in [5, 5.41) is 17.1. The van der Waals surface area contributed by atoms with E-state index >= 15 is 0 Å². The maximum Gasteiger partial charge on any atom is 0.0920 e. The molecule has 4 unspecified atom stereocenters. The lowest BCUT2D eigenvalue weighted by atomic mass is 10.00. The molecule has 0 radical (unpaired) electrons. The molecule has 1 aliphatic heterocycles. The number of rotatable bonds is 3. The molecular formula is C11H21N3O. The summed E-state index contributed by atoms with van der Waals surface area (Å²) in [6.45, 7) is 4.19. The van der Waals surface area contributed by atoms with E-state index in [9.17, 15) is 5.11 Å². The largest absolute Gasteiger partial charge is 0.393 e. The fraction of sp³-hybridized carbons (Fsp3) is 0.909. The van der Waals surface area contributed by atoms with E-state index in [0.29, 0.717) is 24.3 Å². The number of aliphatic hydroxyl groups is 1. The third-order valence-electron chi connectivity index (χ3n) is 3.99. The van der Waals surface area contributed by atoms with Crippen LogP contribution in [0.4, 0.5) is 0 Å². The van der Waals surface area contributed by atoms with Gasteiger partial charge in [0.1, 0.15) is 0 Å². The van der Waals surface area contributed by atoms with Crippen LogP contribution in [0, 0.1) is 17.2 Å². The van der Waals surface area contributed by atoms with Crippen LogP contribution in [0.2, 0.25) is 0 Å². The van der Waals surface area contributed by atoms with Crippen LogP contribution in [0.15, 0.2) is 0 Å². The van der Waals surface area contributed by atoms with E-state index < -0.39 is 0 Å². The number of hydrogen-bond acceptors (Lipinski definition) is 3. The quantitative estimate of drug-likeness (QED) is 0.467. The van der Waals surface area contributed by atoms with Gasteiger partial charge in [0.05, 0.1) is 11.9 Å². The normalized spacial score (nSPS) is 37.9. The summed E-state index contributed by atoms with van der Waals surface area (Å²) in [6.07, 6.45) is 2.69. The first-order chi connectivity index (χ1) is 7.08. The first kappa shape index (κ1) is 10.9. The fourth-order valence-electron chi connectivity index (χ4n) is 3.08. The molecule has 1 aliphatic carbocycles. The lowest BCUT2D eigenvalue weighted by molar-refractivity contribution is 0.120.